The highest BCUT2D eigenvalue weighted by molar-refractivity contribution is 6.01. The smallest absolute Gasteiger partial charge is 0.238 e. The van der Waals surface area contributed by atoms with E-state index in [0.29, 0.717) is 35.6 Å². The number of nitrogens with zero attached hydrogens (tertiary/aromatic N) is 4. The number of hydrogen-bond donors (Lipinski definition) is 2. The van der Waals surface area contributed by atoms with E-state index < -0.39 is 0 Å². The molecule has 0 atom stereocenters. The average Bonchev–Trinajstić information content (AvgIpc) is 3.16. The SMILES string of the molecule is CC(=O)N(CCCO)n1cc(-c2ccc(Oc3ccccc3)cc2)c2c(N)ncnc21. The molecule has 2 aromatic heterocycles. The van der Waals surface area contributed by atoms with Crippen LogP contribution in [0.4, 0.5) is 5.82 Å². The van der Waals surface area contributed by atoms with Crippen molar-refractivity contribution >= 4 is 22.8 Å². The van der Waals surface area contributed by atoms with Gasteiger partial charge >= 0.3 is 0 Å². The van der Waals surface area contributed by atoms with Crippen LogP contribution in [0.3, 0.4) is 0 Å². The third-order valence-electron chi connectivity index (χ3n) is 4.89. The first kappa shape index (κ1) is 20.4. The van der Waals surface area contributed by atoms with E-state index in [1.54, 1.807) is 4.68 Å². The van der Waals surface area contributed by atoms with Crippen LogP contribution in [0.5, 0.6) is 11.5 Å². The highest BCUT2D eigenvalue weighted by Crippen LogP contribution is 2.34. The van der Waals surface area contributed by atoms with E-state index in [2.05, 4.69) is 9.97 Å². The monoisotopic (exact) mass is 417 g/mol. The van der Waals surface area contributed by atoms with Crippen molar-refractivity contribution in [3.05, 3.63) is 67.1 Å². The first-order valence-corrected chi connectivity index (χ1v) is 9.92. The molecule has 3 N–H and O–H groups in total. The van der Waals surface area contributed by atoms with Crippen molar-refractivity contribution < 1.29 is 14.6 Å². The Labute approximate surface area is 179 Å². The standard InChI is InChI=1S/C23H23N5O3/c1-16(30)27(12-5-13-29)28-14-20(21-22(24)25-15-26-23(21)28)17-8-10-19(11-9-17)31-18-6-3-2-4-7-18/h2-4,6-11,14-15,29H,5,12-13H2,1H3,(H2,24,25,26). The molecule has 0 aliphatic carbocycles. The van der Waals surface area contributed by atoms with Gasteiger partial charge in [0.2, 0.25) is 5.91 Å². The molecular weight excluding hydrogens is 394 g/mol. The Hall–Kier alpha value is -3.91. The Bertz CT molecular complexity index is 1190. The van der Waals surface area contributed by atoms with Gasteiger partial charge in [-0.15, -0.1) is 0 Å². The molecular formula is C23H23N5O3. The number of nitrogen functional groups attached to an aromatic ring is 1. The molecule has 2 heterocycles. The van der Waals surface area contributed by atoms with Gasteiger partial charge in [0, 0.05) is 31.8 Å². The fourth-order valence-electron chi connectivity index (χ4n) is 3.44. The zero-order chi connectivity index (χ0) is 21.8. The van der Waals surface area contributed by atoms with Gasteiger partial charge in [0.15, 0.2) is 5.65 Å². The summed E-state index contributed by atoms with van der Waals surface area (Å²) < 4.78 is 7.54. The number of nitrogens with two attached hydrogens (primary N) is 1. The molecule has 8 nitrogen and oxygen atoms in total. The Morgan fingerprint density at radius 1 is 1.10 bits per heavy atom. The van der Waals surface area contributed by atoms with Crippen LogP contribution in [0.1, 0.15) is 13.3 Å². The molecule has 0 aliphatic heterocycles. The second kappa shape index (κ2) is 8.85. The van der Waals surface area contributed by atoms with Crippen LogP contribution in [0, 0.1) is 0 Å². The number of para-hydroxylation sites is 1. The van der Waals surface area contributed by atoms with Gasteiger partial charge in [-0.25, -0.2) is 19.7 Å². The number of carbonyl (C=O) groups is 1. The Balaban J connectivity index is 1.74. The van der Waals surface area contributed by atoms with Crippen LogP contribution in [-0.2, 0) is 4.79 Å². The van der Waals surface area contributed by atoms with Crippen molar-refractivity contribution in [1.82, 2.24) is 14.6 Å². The summed E-state index contributed by atoms with van der Waals surface area (Å²) in [4.78, 5) is 20.8. The zero-order valence-electron chi connectivity index (χ0n) is 17.1. The Morgan fingerprint density at radius 2 is 1.81 bits per heavy atom. The first-order valence-electron chi connectivity index (χ1n) is 9.92. The van der Waals surface area contributed by atoms with Gasteiger partial charge in [-0.05, 0) is 36.2 Å². The van der Waals surface area contributed by atoms with Crippen LogP contribution < -0.4 is 15.5 Å². The van der Waals surface area contributed by atoms with Crippen molar-refractivity contribution in [2.24, 2.45) is 0 Å². The molecule has 0 unspecified atom stereocenters. The number of aliphatic hydroxyl groups is 1. The van der Waals surface area contributed by atoms with E-state index in [9.17, 15) is 9.90 Å². The fourth-order valence-corrected chi connectivity index (χ4v) is 3.44. The maximum absolute atomic E-state index is 12.3. The number of aromatic nitrogens is 3. The second-order valence-corrected chi connectivity index (χ2v) is 7.00. The minimum absolute atomic E-state index is 0.0180. The number of ether oxygens (including phenoxy) is 1. The largest absolute Gasteiger partial charge is 0.457 e. The molecule has 0 saturated heterocycles. The molecule has 4 rings (SSSR count). The third-order valence-corrected chi connectivity index (χ3v) is 4.89. The number of hydrogen-bond acceptors (Lipinski definition) is 6. The summed E-state index contributed by atoms with van der Waals surface area (Å²) in [5, 5.41) is 11.4. The zero-order valence-corrected chi connectivity index (χ0v) is 17.1. The van der Waals surface area contributed by atoms with Crippen LogP contribution in [0.15, 0.2) is 67.1 Å². The number of aliphatic hydroxyl groups excluding tert-OH is 1. The quantitative estimate of drug-likeness (QED) is 0.478. The van der Waals surface area contributed by atoms with E-state index in [0.717, 1.165) is 16.9 Å². The van der Waals surface area contributed by atoms with Gasteiger partial charge in [-0.3, -0.25) is 4.79 Å². The number of fused-ring (bicyclic) bond motifs is 1. The predicted octanol–water partition coefficient (Wildman–Crippen LogP) is 3.34. The van der Waals surface area contributed by atoms with Crippen LogP contribution in [-0.4, -0.2) is 38.8 Å². The van der Waals surface area contributed by atoms with E-state index >= 15 is 0 Å². The molecule has 8 heteroatoms. The molecule has 2 aromatic carbocycles. The summed E-state index contributed by atoms with van der Waals surface area (Å²) >= 11 is 0. The van der Waals surface area contributed by atoms with E-state index in [4.69, 9.17) is 10.5 Å². The maximum Gasteiger partial charge on any atom is 0.238 e. The highest BCUT2D eigenvalue weighted by atomic mass is 16.5. The minimum atomic E-state index is -0.166. The highest BCUT2D eigenvalue weighted by Gasteiger charge is 2.20. The lowest BCUT2D eigenvalue weighted by molar-refractivity contribution is -0.118. The number of rotatable bonds is 7. The van der Waals surface area contributed by atoms with Gasteiger partial charge in [0.25, 0.3) is 0 Å². The van der Waals surface area contributed by atoms with E-state index in [-0.39, 0.29) is 12.5 Å². The van der Waals surface area contributed by atoms with Gasteiger partial charge in [0.1, 0.15) is 23.6 Å². The van der Waals surface area contributed by atoms with Crippen molar-refractivity contribution in [2.75, 3.05) is 23.9 Å². The lowest BCUT2D eigenvalue weighted by atomic mass is 10.1. The predicted molar refractivity (Wildman–Crippen MR) is 119 cm³/mol. The molecule has 0 radical (unpaired) electrons. The van der Waals surface area contributed by atoms with E-state index in [1.807, 2.05) is 60.8 Å². The number of carbonyl (C=O) groups excluding carboxylic acids is 1. The summed E-state index contributed by atoms with van der Waals surface area (Å²) in [6.45, 7) is 1.81. The maximum atomic E-state index is 12.3. The van der Waals surface area contributed by atoms with Gasteiger partial charge < -0.3 is 15.6 Å². The lowest BCUT2D eigenvalue weighted by Crippen LogP contribution is -2.39. The van der Waals surface area contributed by atoms with Crippen molar-refractivity contribution in [3.8, 4) is 22.6 Å². The molecule has 4 aromatic rings. The van der Waals surface area contributed by atoms with Crippen molar-refractivity contribution in [2.45, 2.75) is 13.3 Å². The number of benzene rings is 2. The van der Waals surface area contributed by atoms with Crippen LogP contribution in [0.25, 0.3) is 22.2 Å². The second-order valence-electron chi connectivity index (χ2n) is 7.00. The van der Waals surface area contributed by atoms with Gasteiger partial charge in [-0.1, -0.05) is 30.3 Å². The topological polar surface area (TPSA) is 106 Å². The van der Waals surface area contributed by atoms with Gasteiger partial charge in [-0.2, -0.15) is 0 Å². The number of anilines is 1. The molecule has 0 aliphatic rings. The Morgan fingerprint density at radius 3 is 2.48 bits per heavy atom. The average molecular weight is 417 g/mol. The summed E-state index contributed by atoms with van der Waals surface area (Å²) in [5.74, 6) is 1.62. The molecule has 0 saturated carbocycles. The molecule has 0 fully saturated rings. The molecule has 1 amide bonds. The van der Waals surface area contributed by atoms with E-state index in [1.165, 1.54) is 18.3 Å². The summed E-state index contributed by atoms with van der Waals surface area (Å²) in [6, 6.07) is 17.1. The minimum Gasteiger partial charge on any atom is -0.457 e. The van der Waals surface area contributed by atoms with Crippen LogP contribution >= 0.6 is 0 Å². The molecule has 0 bridgehead atoms. The molecule has 31 heavy (non-hydrogen) atoms. The van der Waals surface area contributed by atoms with Crippen molar-refractivity contribution in [1.29, 1.82) is 0 Å². The Kier molecular flexibility index (Phi) is 5.81. The van der Waals surface area contributed by atoms with Gasteiger partial charge in [0.05, 0.1) is 5.39 Å². The first-order chi connectivity index (χ1) is 15.1. The third kappa shape index (κ3) is 4.19. The number of amides is 1. The fraction of sp³-hybridized carbons (Fsp3) is 0.174. The lowest BCUT2D eigenvalue weighted by Gasteiger charge is -2.22. The molecule has 158 valence electrons. The normalized spacial score (nSPS) is 10.9. The van der Waals surface area contributed by atoms with Crippen LogP contribution in [0.2, 0.25) is 0 Å². The van der Waals surface area contributed by atoms with Crippen molar-refractivity contribution in [3.63, 3.8) is 0 Å². The summed E-state index contributed by atoms with van der Waals surface area (Å²) in [7, 11) is 0. The summed E-state index contributed by atoms with van der Waals surface area (Å²) in [5.41, 5.74) is 8.40. The summed E-state index contributed by atoms with van der Waals surface area (Å²) in [6.07, 6.45) is 3.64. The molecule has 0 spiro atoms.